The van der Waals surface area contributed by atoms with Gasteiger partial charge in [-0.25, -0.2) is 0 Å². The molecule has 4 bridgehead atoms. The van der Waals surface area contributed by atoms with E-state index in [0.29, 0.717) is 24.9 Å². The van der Waals surface area contributed by atoms with E-state index in [2.05, 4.69) is 34.6 Å². The number of rotatable bonds is 0. The first-order valence-electron chi connectivity index (χ1n) is 15.9. The molecular weight excluding hydrogens is 492 g/mol. The Kier molecular flexibility index (Phi) is 4.72. The fourth-order valence-corrected chi connectivity index (χ4v) is 13.3. The number of aliphatic hydroxyl groups excluding tert-OH is 1. The van der Waals surface area contributed by atoms with Crippen molar-refractivity contribution in [3.05, 3.63) is 0 Å². The van der Waals surface area contributed by atoms with Crippen molar-refractivity contribution in [1.29, 1.82) is 0 Å². The summed E-state index contributed by atoms with van der Waals surface area (Å²) in [6.45, 7) is 17.7. The molecule has 0 amide bonds. The number of carbonyl (C=O) groups excluding carboxylic acids is 1. The second-order valence-corrected chi connectivity index (χ2v) is 17.4. The number of esters is 1. The summed E-state index contributed by atoms with van der Waals surface area (Å²) in [5.41, 5.74) is -1.30. The van der Waals surface area contributed by atoms with E-state index < -0.39 is 22.9 Å². The van der Waals surface area contributed by atoms with E-state index in [0.717, 1.165) is 58.0 Å². The summed E-state index contributed by atoms with van der Waals surface area (Å²) in [4.78, 5) is 13.9. The first kappa shape index (κ1) is 26.0. The summed E-state index contributed by atoms with van der Waals surface area (Å²) in [6.07, 6.45) is 8.21. The van der Waals surface area contributed by atoms with E-state index in [9.17, 15) is 9.90 Å². The van der Waals surface area contributed by atoms with Crippen molar-refractivity contribution in [2.24, 2.45) is 50.2 Å². The lowest BCUT2D eigenvalue weighted by Crippen LogP contribution is -2.75. The van der Waals surface area contributed by atoms with Crippen molar-refractivity contribution in [2.45, 2.75) is 136 Å². The Hall–Kier alpha value is -0.690. The van der Waals surface area contributed by atoms with Gasteiger partial charge in [-0.1, -0.05) is 34.6 Å². The Morgan fingerprint density at radius 2 is 1.56 bits per heavy atom. The number of hydrogen-bond donors (Lipinski definition) is 1. The summed E-state index contributed by atoms with van der Waals surface area (Å²) < 4.78 is 26.3. The predicted octanol–water partition coefficient (Wildman–Crippen LogP) is 5.64. The molecule has 12 unspecified atom stereocenters. The second kappa shape index (κ2) is 7.09. The molecular formula is C33H50O6. The molecule has 8 aliphatic rings. The SMILES string of the molecule is CC1(C)CCC23C(=O)OC4(CCC5C6(C)CC7OCC8(COC(C)(C)OC78)C6CCC5(C)C4(C)CC2O)C3C1. The molecule has 6 nitrogen and oxygen atoms in total. The summed E-state index contributed by atoms with van der Waals surface area (Å²) in [6, 6.07) is 0. The van der Waals surface area contributed by atoms with Crippen molar-refractivity contribution in [3.63, 3.8) is 0 Å². The molecule has 218 valence electrons. The molecule has 5 aliphatic carbocycles. The predicted molar refractivity (Wildman–Crippen MR) is 144 cm³/mol. The van der Waals surface area contributed by atoms with E-state index in [1.807, 2.05) is 13.8 Å². The van der Waals surface area contributed by atoms with E-state index >= 15 is 0 Å². The second-order valence-electron chi connectivity index (χ2n) is 17.4. The molecule has 0 aromatic carbocycles. The van der Waals surface area contributed by atoms with Crippen LogP contribution in [0.2, 0.25) is 0 Å². The van der Waals surface area contributed by atoms with E-state index in [4.69, 9.17) is 18.9 Å². The van der Waals surface area contributed by atoms with Crippen LogP contribution in [-0.2, 0) is 23.7 Å². The summed E-state index contributed by atoms with van der Waals surface area (Å²) in [7, 11) is 0. The average molecular weight is 543 g/mol. The fourth-order valence-electron chi connectivity index (χ4n) is 13.3. The number of carbonyl (C=O) groups is 1. The zero-order valence-electron chi connectivity index (χ0n) is 25.2. The zero-order valence-corrected chi connectivity index (χ0v) is 25.2. The van der Waals surface area contributed by atoms with Gasteiger partial charge in [-0.15, -0.1) is 0 Å². The van der Waals surface area contributed by atoms with Crippen molar-refractivity contribution >= 4 is 5.97 Å². The van der Waals surface area contributed by atoms with Crippen LogP contribution in [0.25, 0.3) is 0 Å². The molecule has 12 atom stereocenters. The van der Waals surface area contributed by atoms with Crippen LogP contribution in [0.15, 0.2) is 0 Å². The number of ether oxygens (including phenoxy) is 4. The fraction of sp³-hybridized carbons (Fsp3) is 0.970. The number of hydrogen-bond acceptors (Lipinski definition) is 6. The quantitative estimate of drug-likeness (QED) is 0.400. The van der Waals surface area contributed by atoms with Crippen molar-refractivity contribution in [1.82, 2.24) is 0 Å². The first-order valence-corrected chi connectivity index (χ1v) is 15.9. The third kappa shape index (κ3) is 2.66. The normalized spacial score (nSPS) is 61.7. The molecule has 1 N–H and O–H groups in total. The molecule has 0 radical (unpaired) electrons. The minimum Gasteiger partial charge on any atom is -0.458 e. The van der Waals surface area contributed by atoms with E-state index in [1.165, 1.54) is 0 Å². The van der Waals surface area contributed by atoms with Crippen molar-refractivity contribution < 1.29 is 28.8 Å². The summed E-state index contributed by atoms with van der Waals surface area (Å²) in [5, 5.41) is 12.0. The molecule has 3 heterocycles. The Morgan fingerprint density at radius 1 is 0.821 bits per heavy atom. The monoisotopic (exact) mass is 542 g/mol. The third-order valence-electron chi connectivity index (χ3n) is 15.2. The smallest absolute Gasteiger partial charge is 0.315 e. The maximum absolute atomic E-state index is 13.9. The number of aliphatic hydroxyl groups is 1. The summed E-state index contributed by atoms with van der Waals surface area (Å²) in [5.74, 6) is 0.410. The molecule has 0 aromatic rings. The lowest BCUT2D eigenvalue weighted by molar-refractivity contribution is -0.354. The first-order chi connectivity index (χ1) is 18.1. The minimum atomic E-state index is -0.702. The maximum Gasteiger partial charge on any atom is 0.315 e. The molecule has 39 heavy (non-hydrogen) atoms. The van der Waals surface area contributed by atoms with Gasteiger partial charge in [-0.3, -0.25) is 4.79 Å². The lowest BCUT2D eigenvalue weighted by atomic mass is 9.30. The van der Waals surface area contributed by atoms with Gasteiger partial charge in [-0.2, -0.15) is 0 Å². The van der Waals surface area contributed by atoms with Gasteiger partial charge in [0.25, 0.3) is 0 Å². The van der Waals surface area contributed by atoms with Crippen LogP contribution >= 0.6 is 0 Å². The molecule has 6 heteroatoms. The topological polar surface area (TPSA) is 74.2 Å². The standard InChI is InChI=1S/C33H50O6/c1-26(2)12-13-32-22(15-26)33(39-25(32)35)11-9-20-28(5)14-19-24-31(17-36-19,18-37-27(3,4)38-24)21(28)8-10-29(20,6)30(33,7)16-23(32)34/h19-24,34H,8-18H2,1-7H3. The van der Waals surface area contributed by atoms with E-state index in [1.54, 1.807) is 0 Å². The molecule has 8 rings (SSSR count). The highest BCUT2D eigenvalue weighted by Crippen LogP contribution is 2.81. The average Bonchev–Trinajstić information content (AvgIpc) is 3.22. The molecule has 5 saturated carbocycles. The van der Waals surface area contributed by atoms with Crippen LogP contribution in [-0.4, -0.2) is 54.0 Å². The largest absolute Gasteiger partial charge is 0.458 e. The zero-order chi connectivity index (χ0) is 27.6. The molecule has 0 aromatic heterocycles. The van der Waals surface area contributed by atoms with Crippen LogP contribution in [0.5, 0.6) is 0 Å². The van der Waals surface area contributed by atoms with Gasteiger partial charge in [0.1, 0.15) is 11.0 Å². The van der Waals surface area contributed by atoms with Gasteiger partial charge < -0.3 is 24.1 Å². The third-order valence-corrected chi connectivity index (χ3v) is 15.2. The van der Waals surface area contributed by atoms with Gasteiger partial charge in [0.05, 0.1) is 31.5 Å². The Balaban J connectivity index is 1.22. The number of fused-ring (bicyclic) bond motifs is 4. The molecule has 3 saturated heterocycles. The molecule has 3 aliphatic heterocycles. The van der Waals surface area contributed by atoms with Gasteiger partial charge in [-0.05, 0) is 99.7 Å². The lowest BCUT2D eigenvalue weighted by Gasteiger charge is -2.74. The van der Waals surface area contributed by atoms with E-state index in [-0.39, 0.29) is 51.2 Å². The van der Waals surface area contributed by atoms with Gasteiger partial charge in [0, 0.05) is 16.7 Å². The molecule has 1 spiro atoms. The van der Waals surface area contributed by atoms with Crippen LogP contribution in [0.1, 0.15) is 106 Å². The van der Waals surface area contributed by atoms with Crippen LogP contribution in [0.3, 0.4) is 0 Å². The molecule has 8 fully saturated rings. The Bertz CT molecular complexity index is 1130. The highest BCUT2D eigenvalue weighted by atomic mass is 16.7. The maximum atomic E-state index is 13.9. The Morgan fingerprint density at radius 3 is 2.33 bits per heavy atom. The highest BCUT2D eigenvalue weighted by molar-refractivity contribution is 5.82. The van der Waals surface area contributed by atoms with Gasteiger partial charge in [0.15, 0.2) is 5.79 Å². The minimum absolute atomic E-state index is 0.0333. The van der Waals surface area contributed by atoms with Gasteiger partial charge >= 0.3 is 5.97 Å². The van der Waals surface area contributed by atoms with Crippen molar-refractivity contribution in [2.75, 3.05) is 13.2 Å². The van der Waals surface area contributed by atoms with Crippen LogP contribution in [0.4, 0.5) is 0 Å². The van der Waals surface area contributed by atoms with Crippen LogP contribution in [0, 0.1) is 50.2 Å². The highest BCUT2D eigenvalue weighted by Gasteiger charge is 2.84. The van der Waals surface area contributed by atoms with Gasteiger partial charge in [0.2, 0.25) is 0 Å². The van der Waals surface area contributed by atoms with Crippen molar-refractivity contribution in [3.8, 4) is 0 Å². The Labute approximate surface area is 234 Å². The van der Waals surface area contributed by atoms with Crippen LogP contribution < -0.4 is 0 Å². The summed E-state index contributed by atoms with van der Waals surface area (Å²) >= 11 is 0.